The van der Waals surface area contributed by atoms with E-state index >= 15 is 0 Å². The third-order valence-electron chi connectivity index (χ3n) is 3.96. The lowest BCUT2D eigenvalue weighted by Crippen LogP contribution is -2.49. The molecule has 1 heterocycles. The molecule has 20 heavy (non-hydrogen) atoms. The molecule has 0 bridgehead atoms. The van der Waals surface area contributed by atoms with E-state index < -0.39 is 0 Å². The topological polar surface area (TPSA) is 32.8 Å². The lowest BCUT2D eigenvalue weighted by molar-refractivity contribution is 0.101. The van der Waals surface area contributed by atoms with Gasteiger partial charge in [-0.25, -0.2) is 0 Å². The Labute approximate surface area is 121 Å². The van der Waals surface area contributed by atoms with Gasteiger partial charge in [0, 0.05) is 32.2 Å². The van der Waals surface area contributed by atoms with Crippen LogP contribution in [0.15, 0.2) is 18.2 Å². The van der Waals surface area contributed by atoms with Crippen molar-refractivity contribution in [1.29, 1.82) is 0 Å². The SMILES string of the molecule is COc1cccc(N2CCN(C(C)C)CC2)c1C(C)=O. The van der Waals surface area contributed by atoms with E-state index in [1.165, 1.54) is 0 Å². The third kappa shape index (κ3) is 2.96. The van der Waals surface area contributed by atoms with Crippen LogP contribution in [0.5, 0.6) is 5.75 Å². The van der Waals surface area contributed by atoms with Crippen molar-refractivity contribution >= 4 is 11.5 Å². The van der Waals surface area contributed by atoms with Crippen LogP contribution in [0, 0.1) is 0 Å². The first-order valence-corrected chi connectivity index (χ1v) is 7.21. The fourth-order valence-corrected chi connectivity index (χ4v) is 2.79. The van der Waals surface area contributed by atoms with Crippen LogP contribution in [0.2, 0.25) is 0 Å². The van der Waals surface area contributed by atoms with Crippen LogP contribution < -0.4 is 9.64 Å². The Morgan fingerprint density at radius 2 is 1.85 bits per heavy atom. The second-order valence-electron chi connectivity index (χ2n) is 5.53. The maximum atomic E-state index is 11.9. The van der Waals surface area contributed by atoms with Crippen LogP contribution in [0.3, 0.4) is 0 Å². The summed E-state index contributed by atoms with van der Waals surface area (Å²) in [5.41, 5.74) is 1.70. The van der Waals surface area contributed by atoms with Crippen molar-refractivity contribution in [3.8, 4) is 5.75 Å². The number of anilines is 1. The van der Waals surface area contributed by atoms with Crippen LogP contribution in [-0.2, 0) is 0 Å². The molecular weight excluding hydrogens is 252 g/mol. The van der Waals surface area contributed by atoms with E-state index in [0.29, 0.717) is 17.4 Å². The molecule has 0 N–H and O–H groups in total. The highest BCUT2D eigenvalue weighted by atomic mass is 16.5. The molecule has 1 aromatic rings. The molecule has 110 valence electrons. The highest BCUT2D eigenvalue weighted by Crippen LogP contribution is 2.30. The van der Waals surface area contributed by atoms with E-state index in [1.807, 2.05) is 18.2 Å². The largest absolute Gasteiger partial charge is 0.496 e. The highest BCUT2D eigenvalue weighted by molar-refractivity contribution is 6.02. The second-order valence-corrected chi connectivity index (χ2v) is 5.53. The molecule has 1 aromatic carbocycles. The summed E-state index contributed by atoms with van der Waals surface area (Å²) in [7, 11) is 1.61. The van der Waals surface area contributed by atoms with Gasteiger partial charge in [0.1, 0.15) is 5.75 Å². The van der Waals surface area contributed by atoms with E-state index in [2.05, 4.69) is 23.6 Å². The Balaban J connectivity index is 2.24. The molecule has 0 atom stereocenters. The molecule has 1 fully saturated rings. The van der Waals surface area contributed by atoms with Crippen LogP contribution in [0.4, 0.5) is 5.69 Å². The van der Waals surface area contributed by atoms with Gasteiger partial charge in [0.15, 0.2) is 5.78 Å². The number of benzene rings is 1. The highest BCUT2D eigenvalue weighted by Gasteiger charge is 2.23. The fourth-order valence-electron chi connectivity index (χ4n) is 2.79. The Bertz CT molecular complexity index is 477. The molecule has 2 rings (SSSR count). The van der Waals surface area contributed by atoms with Crippen molar-refractivity contribution in [2.75, 3.05) is 38.2 Å². The normalized spacial score (nSPS) is 16.6. The Morgan fingerprint density at radius 3 is 2.35 bits per heavy atom. The minimum atomic E-state index is 0.0590. The van der Waals surface area contributed by atoms with Gasteiger partial charge in [-0.1, -0.05) is 6.07 Å². The number of rotatable bonds is 4. The molecule has 0 aromatic heterocycles. The minimum Gasteiger partial charge on any atom is -0.496 e. The minimum absolute atomic E-state index is 0.0590. The summed E-state index contributed by atoms with van der Waals surface area (Å²) in [6, 6.07) is 6.40. The number of hydrogen-bond acceptors (Lipinski definition) is 4. The van der Waals surface area contributed by atoms with Gasteiger partial charge >= 0.3 is 0 Å². The summed E-state index contributed by atoms with van der Waals surface area (Å²) in [6.45, 7) is 10.0. The molecular formula is C16H24N2O2. The van der Waals surface area contributed by atoms with Gasteiger partial charge in [0.25, 0.3) is 0 Å². The first-order chi connectivity index (χ1) is 9.54. The monoisotopic (exact) mass is 276 g/mol. The van der Waals surface area contributed by atoms with Gasteiger partial charge in [-0.2, -0.15) is 0 Å². The van der Waals surface area contributed by atoms with Crippen LogP contribution >= 0.6 is 0 Å². The number of carbonyl (C=O) groups is 1. The van der Waals surface area contributed by atoms with Crippen LogP contribution in [0.25, 0.3) is 0 Å². The van der Waals surface area contributed by atoms with Crippen molar-refractivity contribution in [2.45, 2.75) is 26.8 Å². The third-order valence-corrected chi connectivity index (χ3v) is 3.96. The molecule has 1 aliphatic rings. The summed E-state index contributed by atoms with van der Waals surface area (Å²) in [6.07, 6.45) is 0. The van der Waals surface area contributed by atoms with Crippen molar-refractivity contribution in [2.24, 2.45) is 0 Å². The summed E-state index contributed by atoms with van der Waals surface area (Å²) in [4.78, 5) is 16.7. The van der Waals surface area contributed by atoms with Crippen LogP contribution in [0.1, 0.15) is 31.1 Å². The zero-order valence-electron chi connectivity index (χ0n) is 12.8. The van der Waals surface area contributed by atoms with E-state index in [1.54, 1.807) is 14.0 Å². The van der Waals surface area contributed by atoms with Crippen molar-refractivity contribution < 1.29 is 9.53 Å². The average molecular weight is 276 g/mol. The molecule has 1 saturated heterocycles. The van der Waals surface area contributed by atoms with Crippen molar-refractivity contribution in [3.05, 3.63) is 23.8 Å². The van der Waals surface area contributed by atoms with E-state index in [0.717, 1.165) is 31.9 Å². The first-order valence-electron chi connectivity index (χ1n) is 7.21. The molecule has 0 unspecified atom stereocenters. The summed E-state index contributed by atoms with van der Waals surface area (Å²) in [5.74, 6) is 0.727. The van der Waals surface area contributed by atoms with Gasteiger partial charge in [0.2, 0.25) is 0 Å². The smallest absolute Gasteiger partial charge is 0.165 e. The van der Waals surface area contributed by atoms with Crippen molar-refractivity contribution in [1.82, 2.24) is 4.90 Å². The summed E-state index contributed by atoms with van der Waals surface area (Å²) >= 11 is 0. The van der Waals surface area contributed by atoms with E-state index in [9.17, 15) is 4.79 Å². The Morgan fingerprint density at radius 1 is 1.20 bits per heavy atom. The summed E-state index contributed by atoms with van der Waals surface area (Å²) < 4.78 is 5.34. The lowest BCUT2D eigenvalue weighted by atomic mass is 10.1. The fraction of sp³-hybridized carbons (Fsp3) is 0.562. The molecule has 0 saturated carbocycles. The number of carbonyl (C=O) groups excluding carboxylic acids is 1. The lowest BCUT2D eigenvalue weighted by Gasteiger charge is -2.38. The van der Waals surface area contributed by atoms with Gasteiger partial charge in [0.05, 0.1) is 18.4 Å². The van der Waals surface area contributed by atoms with Crippen molar-refractivity contribution in [3.63, 3.8) is 0 Å². The number of hydrogen-bond donors (Lipinski definition) is 0. The Kier molecular flexibility index (Phi) is 4.65. The maximum Gasteiger partial charge on any atom is 0.165 e. The predicted molar refractivity (Wildman–Crippen MR) is 81.9 cm³/mol. The number of piperazine rings is 1. The Hall–Kier alpha value is -1.55. The average Bonchev–Trinajstić information content (AvgIpc) is 2.46. The predicted octanol–water partition coefficient (Wildman–Crippen LogP) is 2.43. The number of nitrogens with zero attached hydrogens (tertiary/aromatic N) is 2. The zero-order chi connectivity index (χ0) is 14.7. The second kappa shape index (κ2) is 6.27. The van der Waals surface area contributed by atoms with Gasteiger partial charge in [-0.05, 0) is 32.9 Å². The maximum absolute atomic E-state index is 11.9. The zero-order valence-corrected chi connectivity index (χ0v) is 12.8. The molecule has 4 heteroatoms. The number of ether oxygens (including phenoxy) is 1. The standard InChI is InChI=1S/C16H24N2O2/c1-12(2)17-8-10-18(11-9-17)14-6-5-7-15(20-4)16(14)13(3)19/h5-7,12H,8-11H2,1-4H3. The number of Topliss-reactive ketones (excluding diaryl/α,β-unsaturated/α-hetero) is 1. The van der Waals surface area contributed by atoms with Gasteiger partial charge in [-0.3, -0.25) is 9.69 Å². The van der Waals surface area contributed by atoms with Crippen LogP contribution in [-0.4, -0.2) is 50.0 Å². The summed E-state index contributed by atoms with van der Waals surface area (Å²) in [5, 5.41) is 0. The van der Waals surface area contributed by atoms with E-state index in [-0.39, 0.29) is 5.78 Å². The first kappa shape index (κ1) is 14.9. The molecule has 1 aliphatic heterocycles. The molecule has 4 nitrogen and oxygen atoms in total. The number of methoxy groups -OCH3 is 1. The quantitative estimate of drug-likeness (QED) is 0.791. The molecule has 0 spiro atoms. The number of ketones is 1. The molecule has 0 aliphatic carbocycles. The van der Waals surface area contributed by atoms with Gasteiger partial charge < -0.3 is 9.64 Å². The molecule has 0 radical (unpaired) electrons. The molecule has 0 amide bonds. The van der Waals surface area contributed by atoms with E-state index in [4.69, 9.17) is 4.74 Å². The van der Waals surface area contributed by atoms with Gasteiger partial charge in [-0.15, -0.1) is 0 Å².